The van der Waals surface area contributed by atoms with Gasteiger partial charge in [0.25, 0.3) is 5.91 Å². The summed E-state index contributed by atoms with van der Waals surface area (Å²) in [5.74, 6) is -0.935. The van der Waals surface area contributed by atoms with Crippen molar-refractivity contribution in [1.29, 1.82) is 0 Å². The fourth-order valence-electron chi connectivity index (χ4n) is 4.43. The minimum Gasteiger partial charge on any atom is -0.361 e. The molecular weight excluding hydrogens is 479 g/mol. The van der Waals surface area contributed by atoms with Gasteiger partial charge in [0.15, 0.2) is 5.69 Å². The van der Waals surface area contributed by atoms with Gasteiger partial charge in [-0.3, -0.25) is 14.4 Å². The zero-order chi connectivity index (χ0) is 26.5. The van der Waals surface area contributed by atoms with E-state index in [-0.39, 0.29) is 24.1 Å². The number of nitrogens with one attached hydrogen (secondary N) is 3. The van der Waals surface area contributed by atoms with Crippen LogP contribution in [-0.2, 0) is 9.59 Å². The van der Waals surface area contributed by atoms with Crippen LogP contribution < -0.4 is 10.6 Å². The maximum atomic E-state index is 14.2. The lowest BCUT2D eigenvalue weighted by Gasteiger charge is -2.34. The number of likely N-dealkylation sites (tertiary alicyclic amines) is 1. The average molecular weight is 511 g/mol. The topological polar surface area (TPSA) is 133 Å². The van der Waals surface area contributed by atoms with Gasteiger partial charge in [-0.25, -0.2) is 9.37 Å². The minimum atomic E-state index is -1.14. The van der Waals surface area contributed by atoms with Crippen molar-refractivity contribution in [2.24, 2.45) is 0 Å². The number of imidazole rings is 1. The molecule has 11 heteroatoms. The first-order valence-corrected chi connectivity index (χ1v) is 12.4. The third kappa shape index (κ3) is 6.22. The quantitative estimate of drug-likeness (QED) is 0.426. The summed E-state index contributed by atoms with van der Waals surface area (Å²) in [6, 6.07) is 6.06. The van der Waals surface area contributed by atoms with E-state index in [0.717, 1.165) is 19.3 Å². The zero-order valence-electron chi connectivity index (χ0n) is 21.1. The van der Waals surface area contributed by atoms with Gasteiger partial charge in [-0.1, -0.05) is 17.3 Å². The average Bonchev–Trinajstić information content (AvgIpc) is 3.53. The second kappa shape index (κ2) is 11.4. The van der Waals surface area contributed by atoms with Crippen LogP contribution in [-0.4, -0.2) is 56.4 Å². The highest BCUT2D eigenvalue weighted by Gasteiger charge is 2.31. The van der Waals surface area contributed by atoms with Crippen molar-refractivity contribution in [3.63, 3.8) is 0 Å². The number of hydrogen-bond acceptors (Lipinski definition) is 6. The molecule has 37 heavy (non-hydrogen) atoms. The van der Waals surface area contributed by atoms with Crippen LogP contribution in [0.15, 0.2) is 41.1 Å². The number of amides is 3. The van der Waals surface area contributed by atoms with Gasteiger partial charge in [-0.05, 0) is 52.2 Å². The largest absolute Gasteiger partial charge is 0.361 e. The summed E-state index contributed by atoms with van der Waals surface area (Å²) in [4.78, 5) is 48.2. The highest BCUT2D eigenvalue weighted by atomic mass is 19.1. The number of carbonyl (C=O) groups excluding carboxylic acids is 3. The van der Waals surface area contributed by atoms with E-state index in [0.29, 0.717) is 29.4 Å². The highest BCUT2D eigenvalue weighted by Crippen LogP contribution is 2.22. The smallest absolute Gasteiger partial charge is 0.274 e. The number of aromatic amines is 1. The molecule has 2 unspecified atom stereocenters. The SMILES string of the molecule is Cc1cc(C(=O)NC(CC(=O)N2CCCC[C@@H]2C)C(=O)NC(C)c2ncc(-c3ccccc3F)[nH]2)no1. The van der Waals surface area contributed by atoms with E-state index in [1.54, 1.807) is 36.9 Å². The van der Waals surface area contributed by atoms with Gasteiger partial charge < -0.3 is 25.0 Å². The Hall–Kier alpha value is -4.02. The fraction of sp³-hybridized carbons (Fsp3) is 0.423. The Bertz CT molecular complexity index is 1270. The number of benzene rings is 1. The van der Waals surface area contributed by atoms with Crippen LogP contribution in [0.4, 0.5) is 4.39 Å². The monoisotopic (exact) mass is 510 g/mol. The number of aromatic nitrogens is 3. The van der Waals surface area contributed by atoms with Crippen molar-refractivity contribution in [2.75, 3.05) is 6.54 Å². The Kier molecular flexibility index (Phi) is 8.00. The van der Waals surface area contributed by atoms with E-state index in [4.69, 9.17) is 4.52 Å². The Morgan fingerprint density at radius 1 is 1.24 bits per heavy atom. The van der Waals surface area contributed by atoms with Gasteiger partial charge in [0.1, 0.15) is 23.4 Å². The third-order valence-electron chi connectivity index (χ3n) is 6.51. The van der Waals surface area contributed by atoms with Crippen LogP contribution in [0.25, 0.3) is 11.3 Å². The van der Waals surface area contributed by atoms with Crippen LogP contribution in [0.1, 0.15) is 67.6 Å². The van der Waals surface area contributed by atoms with Crippen molar-refractivity contribution >= 4 is 17.7 Å². The molecule has 0 spiro atoms. The van der Waals surface area contributed by atoms with Gasteiger partial charge in [0.2, 0.25) is 11.8 Å². The van der Waals surface area contributed by atoms with E-state index in [1.807, 2.05) is 6.92 Å². The molecule has 1 aliphatic rings. The van der Waals surface area contributed by atoms with Crippen LogP contribution in [0.2, 0.25) is 0 Å². The first kappa shape index (κ1) is 26.1. The summed E-state index contributed by atoms with van der Waals surface area (Å²) in [6.45, 7) is 5.95. The number of hydrogen-bond donors (Lipinski definition) is 3. The lowest BCUT2D eigenvalue weighted by molar-refractivity contribution is -0.137. The Labute approximate surface area is 214 Å². The number of carbonyl (C=O) groups is 3. The highest BCUT2D eigenvalue weighted by molar-refractivity contribution is 5.97. The molecule has 3 aromatic rings. The van der Waals surface area contributed by atoms with Crippen LogP contribution >= 0.6 is 0 Å². The molecule has 10 nitrogen and oxygen atoms in total. The number of rotatable bonds is 8. The van der Waals surface area contributed by atoms with Gasteiger partial charge >= 0.3 is 0 Å². The number of H-pyrrole nitrogens is 1. The molecular formula is C26H31FN6O4. The van der Waals surface area contributed by atoms with Gasteiger partial charge in [0, 0.05) is 24.2 Å². The molecule has 3 amide bonds. The second-order valence-electron chi connectivity index (χ2n) is 9.38. The van der Waals surface area contributed by atoms with E-state index in [1.165, 1.54) is 18.3 Å². The predicted octanol–water partition coefficient (Wildman–Crippen LogP) is 3.28. The van der Waals surface area contributed by atoms with Gasteiger partial charge in [-0.2, -0.15) is 0 Å². The molecule has 4 rings (SSSR count). The minimum absolute atomic E-state index is 0.0164. The Morgan fingerprint density at radius 2 is 2.03 bits per heavy atom. The van der Waals surface area contributed by atoms with Crippen LogP contribution in [0, 0.1) is 12.7 Å². The van der Waals surface area contributed by atoms with Gasteiger partial charge in [-0.15, -0.1) is 0 Å². The molecule has 1 saturated heterocycles. The third-order valence-corrected chi connectivity index (χ3v) is 6.51. The summed E-state index contributed by atoms with van der Waals surface area (Å²) in [6.07, 6.45) is 4.13. The van der Waals surface area contributed by atoms with Crippen molar-refractivity contribution in [2.45, 2.75) is 64.6 Å². The molecule has 1 aliphatic heterocycles. The van der Waals surface area contributed by atoms with E-state index >= 15 is 0 Å². The summed E-state index contributed by atoms with van der Waals surface area (Å²) in [5.41, 5.74) is 0.839. The normalized spacial score (nSPS) is 17.2. The van der Waals surface area contributed by atoms with Crippen molar-refractivity contribution in [1.82, 2.24) is 30.7 Å². The van der Waals surface area contributed by atoms with Crippen LogP contribution in [0.3, 0.4) is 0 Å². The molecule has 0 radical (unpaired) electrons. The lowest BCUT2D eigenvalue weighted by atomic mass is 10.0. The summed E-state index contributed by atoms with van der Waals surface area (Å²) < 4.78 is 19.1. The summed E-state index contributed by atoms with van der Waals surface area (Å²) in [5, 5.41) is 9.12. The first-order chi connectivity index (χ1) is 17.7. The number of piperidine rings is 1. The first-order valence-electron chi connectivity index (χ1n) is 12.4. The second-order valence-corrected chi connectivity index (χ2v) is 9.38. The molecule has 196 valence electrons. The molecule has 0 bridgehead atoms. The number of halogens is 1. The predicted molar refractivity (Wildman–Crippen MR) is 133 cm³/mol. The Balaban J connectivity index is 1.48. The molecule has 1 fully saturated rings. The zero-order valence-corrected chi connectivity index (χ0v) is 21.1. The maximum absolute atomic E-state index is 14.2. The van der Waals surface area contributed by atoms with Gasteiger partial charge in [0.05, 0.1) is 24.4 Å². The fourth-order valence-corrected chi connectivity index (χ4v) is 4.43. The standard InChI is InChI=1S/C26H31FN6O4/c1-15-8-6-7-11-33(15)23(34)13-20(31-26(36)21-12-16(2)37-32-21)25(35)29-17(3)24-28-14-22(30-24)18-9-4-5-10-19(18)27/h4-5,9-10,12,14-15,17,20H,6-8,11,13H2,1-3H3,(H,28,30)(H,29,35)(H,31,36)/t15-,17?,20?/m0/s1. The molecule has 1 aromatic carbocycles. The number of aryl methyl sites for hydroxylation is 1. The summed E-state index contributed by atoms with van der Waals surface area (Å²) in [7, 11) is 0. The van der Waals surface area contributed by atoms with Crippen molar-refractivity contribution in [3.05, 3.63) is 59.6 Å². The molecule has 2 aromatic heterocycles. The molecule has 3 N–H and O–H groups in total. The summed E-state index contributed by atoms with van der Waals surface area (Å²) >= 11 is 0. The van der Waals surface area contributed by atoms with E-state index in [9.17, 15) is 18.8 Å². The lowest BCUT2D eigenvalue weighted by Crippen LogP contribution is -2.51. The van der Waals surface area contributed by atoms with Crippen LogP contribution in [0.5, 0.6) is 0 Å². The molecule has 0 saturated carbocycles. The van der Waals surface area contributed by atoms with Crippen molar-refractivity contribution in [3.8, 4) is 11.3 Å². The molecule has 3 heterocycles. The number of nitrogens with zero attached hydrogens (tertiary/aromatic N) is 3. The Morgan fingerprint density at radius 3 is 2.73 bits per heavy atom. The molecule has 0 aliphatic carbocycles. The molecule has 3 atom stereocenters. The maximum Gasteiger partial charge on any atom is 0.274 e. The van der Waals surface area contributed by atoms with E-state index in [2.05, 4.69) is 25.8 Å². The van der Waals surface area contributed by atoms with E-state index < -0.39 is 29.7 Å². The van der Waals surface area contributed by atoms with Crippen molar-refractivity contribution < 1.29 is 23.3 Å².